The zero-order chi connectivity index (χ0) is 14.7. The number of hydrogen-bond acceptors (Lipinski definition) is 3. The normalized spacial score (nSPS) is 28.2. The van der Waals surface area contributed by atoms with Gasteiger partial charge in [-0.15, -0.1) is 0 Å². The molecule has 114 valence electrons. The van der Waals surface area contributed by atoms with Crippen LogP contribution in [-0.2, 0) is 11.3 Å². The zero-order valence-corrected chi connectivity index (χ0v) is 12.0. The highest BCUT2D eigenvalue weighted by atomic mass is 19.1. The summed E-state index contributed by atoms with van der Waals surface area (Å²) in [7, 11) is 0. The van der Waals surface area contributed by atoms with E-state index >= 15 is 0 Å². The monoisotopic (exact) mass is 292 g/mol. The van der Waals surface area contributed by atoms with Gasteiger partial charge in [-0.1, -0.05) is 30.3 Å². The van der Waals surface area contributed by atoms with Crippen molar-refractivity contribution in [2.75, 3.05) is 13.1 Å². The van der Waals surface area contributed by atoms with E-state index in [4.69, 9.17) is 4.74 Å². The van der Waals surface area contributed by atoms with Gasteiger partial charge in [0.2, 0.25) is 0 Å². The molecule has 21 heavy (non-hydrogen) atoms. The maximum absolute atomic E-state index is 12.8. The molecule has 2 fully saturated rings. The van der Waals surface area contributed by atoms with Crippen LogP contribution in [-0.4, -0.2) is 42.3 Å². The average Bonchev–Trinajstić information content (AvgIpc) is 2.93. The fourth-order valence-electron chi connectivity index (χ4n) is 2.89. The number of hydrogen-bond donors (Lipinski definition) is 1. The lowest BCUT2D eigenvalue weighted by atomic mass is 9.90. The fourth-order valence-corrected chi connectivity index (χ4v) is 2.89. The number of likely N-dealkylation sites (tertiary alicyclic amines) is 1. The van der Waals surface area contributed by atoms with Crippen molar-refractivity contribution in [3.8, 4) is 0 Å². The summed E-state index contributed by atoms with van der Waals surface area (Å²) in [5.41, 5.74) is 0.989. The first-order valence-corrected chi connectivity index (χ1v) is 7.56. The number of amides is 1. The third-order valence-electron chi connectivity index (χ3n) is 4.20. The molecule has 1 atom stereocenters. The highest BCUT2D eigenvalue weighted by Gasteiger charge is 2.34. The third-order valence-corrected chi connectivity index (χ3v) is 4.20. The zero-order valence-electron chi connectivity index (χ0n) is 12.0. The molecule has 1 unspecified atom stereocenters. The van der Waals surface area contributed by atoms with Crippen LogP contribution >= 0.6 is 0 Å². The Morgan fingerprint density at radius 1 is 1.29 bits per heavy atom. The van der Waals surface area contributed by atoms with Gasteiger partial charge in [0.25, 0.3) is 0 Å². The predicted octanol–water partition coefficient (Wildman–Crippen LogP) is 2.49. The quantitative estimate of drug-likeness (QED) is 0.927. The van der Waals surface area contributed by atoms with Crippen molar-refractivity contribution in [1.82, 2.24) is 10.2 Å². The predicted molar refractivity (Wildman–Crippen MR) is 77.7 cm³/mol. The number of halogens is 1. The number of rotatable bonds is 4. The van der Waals surface area contributed by atoms with E-state index < -0.39 is 6.17 Å². The van der Waals surface area contributed by atoms with E-state index in [1.54, 1.807) is 4.90 Å². The van der Waals surface area contributed by atoms with Gasteiger partial charge in [0.15, 0.2) is 0 Å². The third kappa shape index (κ3) is 3.73. The molecule has 0 bridgehead atoms. The number of carbonyl (C=O) groups is 1. The first kappa shape index (κ1) is 14.3. The Kier molecular flexibility index (Phi) is 4.39. The van der Waals surface area contributed by atoms with Gasteiger partial charge in [0, 0.05) is 25.2 Å². The van der Waals surface area contributed by atoms with Gasteiger partial charge in [-0.05, 0) is 24.8 Å². The summed E-state index contributed by atoms with van der Waals surface area (Å²) in [5, 5.41) is 3.41. The van der Waals surface area contributed by atoms with Crippen LogP contribution in [0.3, 0.4) is 0 Å². The minimum absolute atomic E-state index is 0.264. The Morgan fingerprint density at radius 3 is 2.76 bits per heavy atom. The van der Waals surface area contributed by atoms with Crippen LogP contribution in [0.25, 0.3) is 0 Å². The molecule has 1 heterocycles. The molecule has 1 amide bonds. The number of benzene rings is 1. The van der Waals surface area contributed by atoms with E-state index in [-0.39, 0.29) is 18.2 Å². The van der Waals surface area contributed by atoms with Gasteiger partial charge in [0.05, 0.1) is 0 Å². The Balaban J connectivity index is 1.40. The van der Waals surface area contributed by atoms with Crippen LogP contribution in [0.4, 0.5) is 9.18 Å². The van der Waals surface area contributed by atoms with Gasteiger partial charge < -0.3 is 15.0 Å². The van der Waals surface area contributed by atoms with Crippen LogP contribution in [0, 0.1) is 0 Å². The Hall–Kier alpha value is -1.62. The molecule has 2 aliphatic rings. The topological polar surface area (TPSA) is 41.6 Å². The van der Waals surface area contributed by atoms with E-state index in [2.05, 4.69) is 5.32 Å². The molecule has 3 rings (SSSR count). The van der Waals surface area contributed by atoms with E-state index in [0.717, 1.165) is 12.0 Å². The fraction of sp³-hybridized carbons (Fsp3) is 0.562. The van der Waals surface area contributed by atoms with Crippen molar-refractivity contribution in [1.29, 1.82) is 0 Å². The van der Waals surface area contributed by atoms with E-state index in [1.807, 2.05) is 30.3 Å². The Bertz CT molecular complexity index is 476. The minimum Gasteiger partial charge on any atom is -0.445 e. The van der Waals surface area contributed by atoms with Crippen molar-refractivity contribution >= 4 is 6.09 Å². The maximum Gasteiger partial charge on any atom is 0.410 e. The van der Waals surface area contributed by atoms with Gasteiger partial charge in [-0.2, -0.15) is 0 Å². The SMILES string of the molecule is O=C(OCc1ccccc1)N1CCC(NC2CC(F)C2)C1. The Labute approximate surface area is 124 Å². The summed E-state index contributed by atoms with van der Waals surface area (Å²) >= 11 is 0. The summed E-state index contributed by atoms with van der Waals surface area (Å²) < 4.78 is 18.1. The molecule has 5 heteroatoms. The van der Waals surface area contributed by atoms with E-state index in [9.17, 15) is 9.18 Å². The van der Waals surface area contributed by atoms with Crippen LogP contribution in [0.2, 0.25) is 0 Å². The van der Waals surface area contributed by atoms with Crippen molar-refractivity contribution in [3.63, 3.8) is 0 Å². The van der Waals surface area contributed by atoms with Gasteiger partial charge in [-0.25, -0.2) is 9.18 Å². The van der Waals surface area contributed by atoms with Gasteiger partial charge in [-0.3, -0.25) is 0 Å². The highest BCUT2D eigenvalue weighted by molar-refractivity contribution is 5.68. The van der Waals surface area contributed by atoms with E-state index in [1.165, 1.54) is 0 Å². The molecule has 0 aromatic heterocycles. The van der Waals surface area contributed by atoms with Crippen molar-refractivity contribution < 1.29 is 13.9 Å². The molecule has 1 saturated heterocycles. The summed E-state index contributed by atoms with van der Waals surface area (Å²) in [6.07, 6.45) is 1.22. The second-order valence-corrected chi connectivity index (χ2v) is 5.90. The van der Waals surface area contributed by atoms with Crippen LogP contribution in [0.1, 0.15) is 24.8 Å². The molecule has 1 aliphatic heterocycles. The molecular weight excluding hydrogens is 271 g/mol. The minimum atomic E-state index is -0.643. The largest absolute Gasteiger partial charge is 0.445 e. The van der Waals surface area contributed by atoms with E-state index in [0.29, 0.717) is 32.5 Å². The lowest BCUT2D eigenvalue weighted by Gasteiger charge is -2.32. The molecule has 0 spiro atoms. The number of nitrogens with zero attached hydrogens (tertiary/aromatic N) is 1. The summed E-state index contributed by atoms with van der Waals surface area (Å²) in [6, 6.07) is 10.2. The van der Waals surface area contributed by atoms with Gasteiger partial charge >= 0.3 is 6.09 Å². The first-order chi connectivity index (χ1) is 10.2. The Morgan fingerprint density at radius 2 is 2.05 bits per heavy atom. The van der Waals surface area contributed by atoms with Crippen LogP contribution < -0.4 is 5.32 Å². The van der Waals surface area contributed by atoms with Crippen LogP contribution in [0.5, 0.6) is 0 Å². The van der Waals surface area contributed by atoms with Crippen molar-refractivity contribution in [3.05, 3.63) is 35.9 Å². The van der Waals surface area contributed by atoms with Crippen LogP contribution in [0.15, 0.2) is 30.3 Å². The number of carbonyl (C=O) groups excluding carboxylic acids is 1. The maximum atomic E-state index is 12.8. The molecule has 1 aromatic rings. The second kappa shape index (κ2) is 6.43. The van der Waals surface area contributed by atoms with Crippen molar-refractivity contribution in [2.45, 2.75) is 44.1 Å². The number of alkyl halides is 1. The molecule has 1 aliphatic carbocycles. The molecule has 4 nitrogen and oxygen atoms in total. The summed E-state index contributed by atoms with van der Waals surface area (Å²) in [4.78, 5) is 13.7. The number of ether oxygens (including phenoxy) is 1. The molecule has 1 aromatic carbocycles. The number of nitrogens with one attached hydrogen (secondary N) is 1. The average molecular weight is 292 g/mol. The standard InChI is InChI=1S/C16H21FN2O2/c17-13-8-15(9-13)18-14-6-7-19(10-14)16(20)21-11-12-4-2-1-3-5-12/h1-5,13-15,18H,6-11H2. The highest BCUT2D eigenvalue weighted by Crippen LogP contribution is 2.24. The summed E-state index contributed by atoms with van der Waals surface area (Å²) in [6.45, 7) is 1.67. The molecule has 1 saturated carbocycles. The molecule has 0 radical (unpaired) electrons. The lowest BCUT2D eigenvalue weighted by Crippen LogP contribution is -2.48. The molecular formula is C16H21FN2O2. The lowest BCUT2D eigenvalue weighted by molar-refractivity contribution is 0.102. The summed E-state index contributed by atoms with van der Waals surface area (Å²) in [5.74, 6) is 0. The second-order valence-electron chi connectivity index (χ2n) is 5.90. The molecule has 1 N–H and O–H groups in total. The first-order valence-electron chi connectivity index (χ1n) is 7.56. The smallest absolute Gasteiger partial charge is 0.410 e. The van der Waals surface area contributed by atoms with Gasteiger partial charge in [0.1, 0.15) is 12.8 Å². The van der Waals surface area contributed by atoms with Crippen molar-refractivity contribution in [2.24, 2.45) is 0 Å².